The average molecular weight is 417 g/mol. The van der Waals surface area contributed by atoms with Gasteiger partial charge in [-0.25, -0.2) is 0 Å². The SMILES string of the molecule is CCC/C=C\CC/C=C/CCCCC(C=O)CCCCCCC/C=C/CCCCC. The van der Waals surface area contributed by atoms with Crippen LogP contribution in [0.5, 0.6) is 0 Å². The van der Waals surface area contributed by atoms with Gasteiger partial charge in [-0.05, 0) is 70.6 Å². The molecule has 0 N–H and O–H groups in total. The van der Waals surface area contributed by atoms with Crippen molar-refractivity contribution in [1.29, 1.82) is 0 Å². The van der Waals surface area contributed by atoms with Gasteiger partial charge in [0.25, 0.3) is 0 Å². The summed E-state index contributed by atoms with van der Waals surface area (Å²) in [6.07, 6.45) is 38.7. The van der Waals surface area contributed by atoms with E-state index in [0.717, 1.165) is 25.7 Å². The summed E-state index contributed by atoms with van der Waals surface area (Å²) in [5.74, 6) is 0.295. The number of rotatable bonds is 23. The Balaban J connectivity index is 3.44. The van der Waals surface area contributed by atoms with E-state index in [1.54, 1.807) is 0 Å². The Bertz CT molecular complexity index is 418. The molecule has 0 saturated heterocycles. The Labute approximate surface area is 189 Å². The molecule has 0 saturated carbocycles. The maximum atomic E-state index is 11.3. The molecule has 1 atom stereocenters. The smallest absolute Gasteiger partial charge is 0.123 e. The van der Waals surface area contributed by atoms with Gasteiger partial charge < -0.3 is 4.79 Å². The molecule has 0 bridgehead atoms. The summed E-state index contributed by atoms with van der Waals surface area (Å²) in [6.45, 7) is 4.48. The predicted molar refractivity (Wildman–Crippen MR) is 136 cm³/mol. The molecule has 0 aromatic heterocycles. The summed E-state index contributed by atoms with van der Waals surface area (Å²) in [5, 5.41) is 0. The molecule has 0 heterocycles. The Morgan fingerprint density at radius 1 is 0.467 bits per heavy atom. The summed E-state index contributed by atoms with van der Waals surface area (Å²) < 4.78 is 0. The van der Waals surface area contributed by atoms with Crippen LogP contribution in [-0.2, 0) is 4.79 Å². The molecule has 0 aromatic carbocycles. The number of carbonyl (C=O) groups excluding carboxylic acids is 1. The molecule has 30 heavy (non-hydrogen) atoms. The molecule has 0 aliphatic rings. The van der Waals surface area contributed by atoms with E-state index in [1.165, 1.54) is 103 Å². The lowest BCUT2D eigenvalue weighted by molar-refractivity contribution is -0.111. The zero-order chi connectivity index (χ0) is 22.0. The molecule has 0 aliphatic heterocycles. The van der Waals surface area contributed by atoms with Gasteiger partial charge in [-0.2, -0.15) is 0 Å². The number of hydrogen-bond donors (Lipinski definition) is 0. The van der Waals surface area contributed by atoms with E-state index in [0.29, 0.717) is 5.92 Å². The molecule has 1 heteroatoms. The van der Waals surface area contributed by atoms with Crippen molar-refractivity contribution < 1.29 is 4.79 Å². The number of aldehydes is 1. The minimum atomic E-state index is 0.295. The van der Waals surface area contributed by atoms with Crippen LogP contribution in [0.3, 0.4) is 0 Å². The van der Waals surface area contributed by atoms with E-state index in [9.17, 15) is 4.79 Å². The number of hydrogen-bond acceptors (Lipinski definition) is 1. The quantitative estimate of drug-likeness (QED) is 0.0919. The van der Waals surface area contributed by atoms with Crippen LogP contribution in [0.1, 0.15) is 136 Å². The van der Waals surface area contributed by atoms with E-state index in [4.69, 9.17) is 0 Å². The molecule has 174 valence electrons. The number of unbranched alkanes of at least 4 members (excludes halogenated alkanes) is 12. The van der Waals surface area contributed by atoms with Gasteiger partial charge in [0.05, 0.1) is 0 Å². The molecule has 1 nitrogen and oxygen atoms in total. The monoisotopic (exact) mass is 416 g/mol. The van der Waals surface area contributed by atoms with Crippen LogP contribution in [0.25, 0.3) is 0 Å². The van der Waals surface area contributed by atoms with Gasteiger partial charge >= 0.3 is 0 Å². The van der Waals surface area contributed by atoms with Crippen molar-refractivity contribution in [3.63, 3.8) is 0 Å². The Morgan fingerprint density at radius 2 is 0.900 bits per heavy atom. The Hall–Kier alpha value is -1.11. The third-order valence-corrected chi connectivity index (χ3v) is 5.76. The fraction of sp³-hybridized carbons (Fsp3) is 0.759. The van der Waals surface area contributed by atoms with Crippen molar-refractivity contribution in [2.45, 2.75) is 136 Å². The van der Waals surface area contributed by atoms with Crippen LogP contribution in [0.4, 0.5) is 0 Å². The normalized spacial score (nSPS) is 13.1. The first-order valence-corrected chi connectivity index (χ1v) is 13.2. The van der Waals surface area contributed by atoms with E-state index in [2.05, 4.69) is 50.3 Å². The minimum Gasteiger partial charge on any atom is -0.303 e. The van der Waals surface area contributed by atoms with Crippen molar-refractivity contribution in [3.8, 4) is 0 Å². The van der Waals surface area contributed by atoms with Gasteiger partial charge in [-0.15, -0.1) is 0 Å². The fourth-order valence-corrected chi connectivity index (χ4v) is 3.73. The van der Waals surface area contributed by atoms with Crippen molar-refractivity contribution >= 4 is 6.29 Å². The maximum Gasteiger partial charge on any atom is 0.123 e. The first-order chi connectivity index (χ1) is 14.8. The van der Waals surface area contributed by atoms with Gasteiger partial charge in [-0.3, -0.25) is 0 Å². The maximum absolute atomic E-state index is 11.3. The largest absolute Gasteiger partial charge is 0.303 e. The molecule has 1 unspecified atom stereocenters. The van der Waals surface area contributed by atoms with Crippen LogP contribution >= 0.6 is 0 Å². The molecule has 0 aromatic rings. The molecule has 0 fully saturated rings. The second-order valence-electron chi connectivity index (χ2n) is 8.80. The lowest BCUT2D eigenvalue weighted by Crippen LogP contribution is -2.02. The summed E-state index contributed by atoms with van der Waals surface area (Å²) in [6, 6.07) is 0. The third-order valence-electron chi connectivity index (χ3n) is 5.76. The lowest BCUT2D eigenvalue weighted by atomic mass is 9.96. The van der Waals surface area contributed by atoms with Crippen LogP contribution < -0.4 is 0 Å². The Morgan fingerprint density at radius 3 is 1.47 bits per heavy atom. The summed E-state index contributed by atoms with van der Waals surface area (Å²) in [5.41, 5.74) is 0. The van der Waals surface area contributed by atoms with Gasteiger partial charge in [0, 0.05) is 5.92 Å². The van der Waals surface area contributed by atoms with Gasteiger partial charge in [0.1, 0.15) is 6.29 Å². The van der Waals surface area contributed by atoms with Crippen molar-refractivity contribution in [2.24, 2.45) is 5.92 Å². The second kappa shape index (κ2) is 25.9. The molecule has 0 rings (SSSR count). The molecule has 0 amide bonds. The van der Waals surface area contributed by atoms with Gasteiger partial charge in [0.15, 0.2) is 0 Å². The summed E-state index contributed by atoms with van der Waals surface area (Å²) in [4.78, 5) is 11.3. The molecular weight excluding hydrogens is 364 g/mol. The summed E-state index contributed by atoms with van der Waals surface area (Å²) >= 11 is 0. The Kier molecular flexibility index (Phi) is 25.0. The van der Waals surface area contributed by atoms with Crippen molar-refractivity contribution in [2.75, 3.05) is 0 Å². The standard InChI is InChI=1S/C29H52O/c1-3-5-7-9-11-13-15-17-19-21-23-25-27-29(28-30)26-24-22-20-18-16-14-12-10-8-6-4-2/h8,10-11,13,16,18,28-29H,3-7,9,12,14-15,17,19-27H2,1-2H3/b10-8-,13-11+,18-16+. The second-order valence-corrected chi connectivity index (χ2v) is 8.80. The predicted octanol–water partition coefficient (Wildman–Crippen LogP) is 9.92. The van der Waals surface area contributed by atoms with Crippen molar-refractivity contribution in [3.05, 3.63) is 36.5 Å². The molecule has 0 radical (unpaired) electrons. The van der Waals surface area contributed by atoms with Gasteiger partial charge in [-0.1, -0.05) is 102 Å². The highest BCUT2D eigenvalue weighted by atomic mass is 16.1. The molecule has 0 aliphatic carbocycles. The highest BCUT2D eigenvalue weighted by Crippen LogP contribution is 2.17. The highest BCUT2D eigenvalue weighted by Gasteiger charge is 2.06. The van der Waals surface area contributed by atoms with Crippen LogP contribution in [0, 0.1) is 5.92 Å². The molecule has 0 spiro atoms. The van der Waals surface area contributed by atoms with Crippen LogP contribution in [0.15, 0.2) is 36.5 Å². The number of allylic oxidation sites excluding steroid dienone is 6. The zero-order valence-corrected chi connectivity index (χ0v) is 20.5. The minimum absolute atomic E-state index is 0.295. The first kappa shape index (κ1) is 28.9. The fourth-order valence-electron chi connectivity index (χ4n) is 3.73. The first-order valence-electron chi connectivity index (χ1n) is 13.2. The van der Waals surface area contributed by atoms with E-state index >= 15 is 0 Å². The average Bonchev–Trinajstić information content (AvgIpc) is 2.76. The van der Waals surface area contributed by atoms with E-state index < -0.39 is 0 Å². The summed E-state index contributed by atoms with van der Waals surface area (Å²) in [7, 11) is 0. The highest BCUT2D eigenvalue weighted by molar-refractivity contribution is 5.53. The third kappa shape index (κ3) is 23.2. The van der Waals surface area contributed by atoms with Gasteiger partial charge in [0.2, 0.25) is 0 Å². The van der Waals surface area contributed by atoms with E-state index in [-0.39, 0.29) is 0 Å². The lowest BCUT2D eigenvalue weighted by Gasteiger charge is -2.09. The topological polar surface area (TPSA) is 17.1 Å². The van der Waals surface area contributed by atoms with E-state index in [1.807, 2.05) is 0 Å². The molecular formula is C29H52O. The van der Waals surface area contributed by atoms with Crippen LogP contribution in [-0.4, -0.2) is 6.29 Å². The number of carbonyl (C=O) groups is 1. The zero-order valence-electron chi connectivity index (χ0n) is 20.5. The van der Waals surface area contributed by atoms with Crippen molar-refractivity contribution in [1.82, 2.24) is 0 Å². The van der Waals surface area contributed by atoms with Crippen LogP contribution in [0.2, 0.25) is 0 Å².